The highest BCUT2D eigenvalue weighted by molar-refractivity contribution is 7.89. The maximum Gasteiger partial charge on any atom is 0.302 e. The largest absolute Gasteiger partial charge is 0.393 e. The van der Waals surface area contributed by atoms with Crippen LogP contribution < -0.4 is 10.2 Å². The Kier molecular flexibility index (Phi) is 7.90. The molecule has 0 bridgehead atoms. The van der Waals surface area contributed by atoms with Crippen LogP contribution in [-0.2, 0) is 10.0 Å². The zero-order valence-electron chi connectivity index (χ0n) is 21.7. The van der Waals surface area contributed by atoms with Crippen LogP contribution in [0.5, 0.6) is 5.75 Å². The first-order valence-electron chi connectivity index (χ1n) is 12.9. The molecule has 3 N–H and O–H groups in total. The van der Waals surface area contributed by atoms with Crippen LogP contribution in [0.4, 0.5) is 15.8 Å². The number of rotatable bonds is 9. The summed E-state index contributed by atoms with van der Waals surface area (Å²) < 4.78 is 42.5. The molecule has 0 atom stereocenters. The van der Waals surface area contributed by atoms with Crippen LogP contribution in [0, 0.1) is 21.8 Å². The SMILES string of the molecule is O=C(c1ccccc1)N(Oc1cc2cc[nH]c2cc1F)S(=O)(=O)c1ccc(NCC2CCC(O)CC2)c([N+](=O)[O-])c1. The summed E-state index contributed by atoms with van der Waals surface area (Å²) in [7, 11) is -4.89. The number of aromatic amines is 1. The van der Waals surface area contributed by atoms with E-state index in [0.29, 0.717) is 30.3 Å². The van der Waals surface area contributed by atoms with E-state index in [-0.39, 0.29) is 27.7 Å². The average Bonchev–Trinajstić information content (AvgIpc) is 3.42. The molecule has 1 heterocycles. The molecule has 13 heteroatoms. The summed E-state index contributed by atoms with van der Waals surface area (Å²) in [5.41, 5.74) is -0.0498. The minimum Gasteiger partial charge on any atom is -0.393 e. The maximum absolute atomic E-state index is 14.9. The molecule has 0 radical (unpaired) electrons. The fourth-order valence-corrected chi connectivity index (χ4v) is 5.96. The lowest BCUT2D eigenvalue weighted by Crippen LogP contribution is -2.40. The van der Waals surface area contributed by atoms with E-state index in [2.05, 4.69) is 10.3 Å². The molecular weight excluding hydrogens is 555 g/mol. The molecule has 3 aromatic carbocycles. The third kappa shape index (κ3) is 6.00. The minimum atomic E-state index is -4.89. The number of fused-ring (bicyclic) bond motifs is 1. The number of aromatic nitrogens is 1. The Morgan fingerprint density at radius 3 is 2.54 bits per heavy atom. The van der Waals surface area contributed by atoms with Crippen molar-refractivity contribution in [1.82, 2.24) is 9.45 Å². The van der Waals surface area contributed by atoms with Crippen LogP contribution in [0.15, 0.2) is 77.8 Å². The van der Waals surface area contributed by atoms with Gasteiger partial charge < -0.3 is 20.2 Å². The van der Waals surface area contributed by atoms with Crippen molar-refractivity contribution in [2.45, 2.75) is 36.7 Å². The molecule has 1 aliphatic rings. The summed E-state index contributed by atoms with van der Waals surface area (Å²) in [6, 6.07) is 14.5. The molecule has 41 heavy (non-hydrogen) atoms. The highest BCUT2D eigenvalue weighted by atomic mass is 32.2. The van der Waals surface area contributed by atoms with Gasteiger partial charge in [-0.1, -0.05) is 22.7 Å². The lowest BCUT2D eigenvalue weighted by Gasteiger charge is -2.26. The van der Waals surface area contributed by atoms with Gasteiger partial charge >= 0.3 is 5.91 Å². The highest BCUT2D eigenvalue weighted by Crippen LogP contribution is 2.33. The first-order valence-corrected chi connectivity index (χ1v) is 14.4. The Morgan fingerprint density at radius 2 is 1.83 bits per heavy atom. The molecule has 214 valence electrons. The quantitative estimate of drug-likeness (QED) is 0.184. The van der Waals surface area contributed by atoms with E-state index in [1.165, 1.54) is 36.4 Å². The molecule has 1 saturated carbocycles. The molecule has 0 aliphatic heterocycles. The van der Waals surface area contributed by atoms with E-state index in [1.54, 1.807) is 18.3 Å². The molecule has 11 nitrogen and oxygen atoms in total. The Balaban J connectivity index is 1.49. The predicted molar refractivity (Wildman–Crippen MR) is 148 cm³/mol. The van der Waals surface area contributed by atoms with Gasteiger partial charge in [0.1, 0.15) is 5.69 Å². The van der Waals surface area contributed by atoms with Gasteiger partial charge in [0.05, 0.1) is 15.9 Å². The molecular formula is C28H27FN4O7S. The van der Waals surface area contributed by atoms with E-state index in [0.717, 1.165) is 31.0 Å². The normalized spacial score (nSPS) is 17.2. The third-order valence-electron chi connectivity index (χ3n) is 7.05. The number of anilines is 1. The second-order valence-corrected chi connectivity index (χ2v) is 11.6. The Hall–Kier alpha value is -4.49. The number of hydrogen-bond acceptors (Lipinski definition) is 8. The topological polar surface area (TPSA) is 155 Å². The lowest BCUT2D eigenvalue weighted by atomic mass is 9.87. The first-order chi connectivity index (χ1) is 19.6. The van der Waals surface area contributed by atoms with Gasteiger partial charge in [-0.3, -0.25) is 14.9 Å². The number of aliphatic hydroxyl groups excluding tert-OH is 1. The lowest BCUT2D eigenvalue weighted by molar-refractivity contribution is -0.384. The van der Waals surface area contributed by atoms with E-state index in [1.807, 2.05) is 0 Å². The fourth-order valence-electron chi connectivity index (χ4n) is 4.77. The van der Waals surface area contributed by atoms with E-state index in [9.17, 15) is 32.8 Å². The number of nitrogens with one attached hydrogen (secondary N) is 2. The van der Waals surface area contributed by atoms with Gasteiger partial charge in [-0.15, -0.1) is 0 Å². The predicted octanol–water partition coefficient (Wildman–Crippen LogP) is 5.00. The maximum atomic E-state index is 14.9. The summed E-state index contributed by atoms with van der Waals surface area (Å²) in [4.78, 5) is 32.3. The number of H-pyrrole nitrogens is 1. The van der Waals surface area contributed by atoms with Crippen LogP contribution in [0.25, 0.3) is 10.9 Å². The van der Waals surface area contributed by atoms with Crippen molar-refractivity contribution in [3.05, 3.63) is 94.4 Å². The average molecular weight is 583 g/mol. The van der Waals surface area contributed by atoms with Crippen molar-refractivity contribution in [2.24, 2.45) is 5.92 Å². The number of aliphatic hydroxyl groups is 1. The van der Waals surface area contributed by atoms with Gasteiger partial charge in [-0.05, 0) is 68.0 Å². The summed E-state index contributed by atoms with van der Waals surface area (Å²) in [6.07, 6.45) is 4.03. The molecule has 1 aromatic heterocycles. The second kappa shape index (κ2) is 11.6. The Bertz CT molecular complexity index is 1690. The molecule has 4 aromatic rings. The highest BCUT2D eigenvalue weighted by Gasteiger charge is 2.35. The summed E-state index contributed by atoms with van der Waals surface area (Å²) >= 11 is 0. The zero-order chi connectivity index (χ0) is 29.1. The van der Waals surface area contributed by atoms with Gasteiger partial charge in [-0.2, -0.15) is 8.42 Å². The molecule has 1 amide bonds. The van der Waals surface area contributed by atoms with E-state index >= 15 is 0 Å². The van der Waals surface area contributed by atoms with Crippen LogP contribution >= 0.6 is 0 Å². The van der Waals surface area contributed by atoms with Crippen molar-refractivity contribution in [1.29, 1.82) is 0 Å². The van der Waals surface area contributed by atoms with E-state index in [4.69, 9.17) is 4.84 Å². The van der Waals surface area contributed by atoms with Crippen molar-refractivity contribution in [3.8, 4) is 5.75 Å². The fraction of sp³-hybridized carbons (Fsp3) is 0.250. The Labute approximate surface area is 234 Å². The number of carbonyl (C=O) groups is 1. The minimum absolute atomic E-state index is 0.0404. The number of nitro benzene ring substituents is 1. The number of nitrogens with zero attached hydrogens (tertiary/aromatic N) is 2. The van der Waals surface area contributed by atoms with Gasteiger partial charge in [-0.25, -0.2) is 4.39 Å². The molecule has 5 rings (SSSR count). The Morgan fingerprint density at radius 1 is 1.10 bits per heavy atom. The van der Waals surface area contributed by atoms with Crippen molar-refractivity contribution in [2.75, 3.05) is 11.9 Å². The summed E-state index contributed by atoms with van der Waals surface area (Å²) in [6.45, 7) is 0.405. The van der Waals surface area contributed by atoms with E-state index < -0.39 is 43.0 Å². The number of sulfonamides is 1. The van der Waals surface area contributed by atoms with Crippen molar-refractivity contribution >= 4 is 38.2 Å². The number of carbonyl (C=O) groups excluding carboxylic acids is 1. The monoisotopic (exact) mass is 582 g/mol. The van der Waals surface area contributed by atoms with Crippen molar-refractivity contribution < 1.29 is 32.5 Å². The molecule has 0 spiro atoms. The molecule has 0 unspecified atom stereocenters. The van der Waals surface area contributed by atoms with Gasteiger partial charge in [0.15, 0.2) is 11.6 Å². The van der Waals surface area contributed by atoms with Crippen LogP contribution in [0.2, 0.25) is 0 Å². The van der Waals surface area contributed by atoms with Crippen LogP contribution in [0.1, 0.15) is 36.0 Å². The van der Waals surface area contributed by atoms with Crippen LogP contribution in [0.3, 0.4) is 0 Å². The standard InChI is InChI=1S/C28H27FN4O7S/c29-23-16-25-20(12-13-30-25)14-27(23)40-33(28(35)19-4-2-1-3-5-19)41(38,39)22-10-11-24(26(15-22)32(36)37)31-17-18-6-8-21(34)9-7-18/h1-5,10-16,18,21,30-31,34H,6-9,17H2. The smallest absolute Gasteiger partial charge is 0.302 e. The third-order valence-corrected chi connectivity index (χ3v) is 8.58. The number of hydroxylamine groups is 1. The summed E-state index contributed by atoms with van der Waals surface area (Å²) in [5.74, 6) is -2.39. The number of halogens is 1. The molecule has 1 fully saturated rings. The number of benzene rings is 3. The summed E-state index contributed by atoms with van der Waals surface area (Å²) in [5, 5.41) is 25.2. The second-order valence-electron chi connectivity index (χ2n) is 9.83. The van der Waals surface area contributed by atoms with Gasteiger partial charge in [0, 0.05) is 41.3 Å². The number of hydrogen-bond donors (Lipinski definition) is 3. The van der Waals surface area contributed by atoms with Crippen molar-refractivity contribution in [3.63, 3.8) is 0 Å². The molecule has 0 saturated heterocycles. The van der Waals surface area contributed by atoms with Crippen LogP contribution in [-0.4, -0.2) is 46.5 Å². The number of amides is 1. The number of nitro groups is 1. The molecule has 1 aliphatic carbocycles. The zero-order valence-corrected chi connectivity index (χ0v) is 22.5. The van der Waals surface area contributed by atoms with Gasteiger partial charge in [0.2, 0.25) is 0 Å². The first kappa shape index (κ1) is 28.1. The van der Waals surface area contributed by atoms with Gasteiger partial charge in [0.25, 0.3) is 15.7 Å².